The number of H-pyrrole nitrogens is 1. The molecule has 0 saturated heterocycles. The van der Waals surface area contributed by atoms with Crippen molar-refractivity contribution in [2.45, 2.75) is 12.1 Å². The lowest BCUT2D eigenvalue weighted by atomic mass is 10.2. The minimum atomic E-state index is -3.31. The van der Waals surface area contributed by atoms with Crippen molar-refractivity contribution < 1.29 is 13.2 Å². The number of amides is 1. The first-order valence-corrected chi connectivity index (χ1v) is 9.51. The van der Waals surface area contributed by atoms with Gasteiger partial charge in [0.1, 0.15) is 6.33 Å². The molecule has 0 unspecified atom stereocenters. The molecule has 0 saturated carbocycles. The fourth-order valence-corrected chi connectivity index (χ4v) is 2.90. The highest BCUT2D eigenvalue weighted by Gasteiger charge is 2.08. The van der Waals surface area contributed by atoms with Gasteiger partial charge in [0.15, 0.2) is 5.16 Å². The Balaban J connectivity index is 1.80. The zero-order chi connectivity index (χ0) is 16.7. The van der Waals surface area contributed by atoms with Crippen LogP contribution in [0.2, 0.25) is 0 Å². The Bertz CT molecular complexity index is 729. The number of aromatic nitrogens is 3. The quantitative estimate of drug-likeness (QED) is 0.482. The van der Waals surface area contributed by atoms with Crippen LogP contribution in [0.3, 0.4) is 0 Å². The van der Waals surface area contributed by atoms with Gasteiger partial charge in [-0.2, -0.15) is 5.10 Å². The molecule has 124 valence electrons. The molecule has 0 bridgehead atoms. The first-order valence-electron chi connectivity index (χ1n) is 6.87. The molecule has 3 N–H and O–H groups in total. The van der Waals surface area contributed by atoms with Crippen LogP contribution in [0.5, 0.6) is 0 Å². The number of thioether (sulfide) groups is 1. The third-order valence-corrected chi connectivity index (χ3v) is 5.00. The highest BCUT2D eigenvalue weighted by atomic mass is 32.2. The van der Waals surface area contributed by atoms with Gasteiger partial charge >= 0.3 is 0 Å². The van der Waals surface area contributed by atoms with Gasteiger partial charge < -0.3 is 5.32 Å². The Morgan fingerprint density at radius 3 is 2.65 bits per heavy atom. The topological polar surface area (TPSA) is 117 Å². The smallest absolute Gasteiger partial charge is 0.251 e. The molecule has 0 fully saturated rings. The molecule has 23 heavy (non-hydrogen) atoms. The summed E-state index contributed by atoms with van der Waals surface area (Å²) in [5.41, 5.74) is 0.901. The molecular weight excluding hydrogens is 338 g/mol. The molecule has 2 rings (SSSR count). The van der Waals surface area contributed by atoms with Gasteiger partial charge in [-0.1, -0.05) is 11.8 Å². The van der Waals surface area contributed by atoms with Crippen LogP contribution >= 0.6 is 11.8 Å². The van der Waals surface area contributed by atoms with Gasteiger partial charge in [0.25, 0.3) is 5.91 Å². The maximum atomic E-state index is 12.0. The number of rotatable bonds is 8. The summed E-state index contributed by atoms with van der Waals surface area (Å²) in [4.78, 5) is 15.9. The van der Waals surface area contributed by atoms with Crippen LogP contribution in [0, 0.1) is 0 Å². The van der Waals surface area contributed by atoms with Gasteiger partial charge in [0.2, 0.25) is 10.0 Å². The van der Waals surface area contributed by atoms with E-state index in [0.717, 1.165) is 0 Å². The summed E-state index contributed by atoms with van der Waals surface area (Å²) in [5, 5.41) is 9.93. The summed E-state index contributed by atoms with van der Waals surface area (Å²) in [7, 11) is -3.31. The van der Waals surface area contributed by atoms with Crippen molar-refractivity contribution in [3.8, 4) is 0 Å². The molecular formula is C13H17N5O3S2. The Kier molecular flexibility index (Phi) is 5.99. The van der Waals surface area contributed by atoms with E-state index in [-0.39, 0.29) is 11.7 Å². The minimum absolute atomic E-state index is 0.00189. The highest BCUT2D eigenvalue weighted by molar-refractivity contribution is 7.99. The summed E-state index contributed by atoms with van der Waals surface area (Å²) < 4.78 is 25.3. The van der Waals surface area contributed by atoms with E-state index in [1.165, 1.54) is 18.1 Å². The largest absolute Gasteiger partial charge is 0.351 e. The molecule has 1 heterocycles. The van der Waals surface area contributed by atoms with Crippen molar-refractivity contribution in [1.82, 2.24) is 20.5 Å². The number of nitrogens with zero attached hydrogens (tertiary/aromatic N) is 2. The van der Waals surface area contributed by atoms with E-state index in [1.807, 2.05) is 0 Å². The Morgan fingerprint density at radius 1 is 1.30 bits per heavy atom. The predicted octanol–water partition coefficient (Wildman–Crippen LogP) is 1.09. The third-order valence-electron chi connectivity index (χ3n) is 2.82. The van der Waals surface area contributed by atoms with Crippen LogP contribution < -0.4 is 10.0 Å². The van der Waals surface area contributed by atoms with E-state index < -0.39 is 10.0 Å². The van der Waals surface area contributed by atoms with Crippen molar-refractivity contribution in [2.75, 3.05) is 22.8 Å². The summed E-state index contributed by atoms with van der Waals surface area (Å²) >= 11 is 1.45. The maximum absolute atomic E-state index is 12.0. The number of carbonyl (C=O) groups excluding carboxylic acids is 1. The third kappa shape index (κ3) is 5.57. The molecule has 8 nitrogen and oxygen atoms in total. The zero-order valence-electron chi connectivity index (χ0n) is 12.4. The van der Waals surface area contributed by atoms with Gasteiger partial charge in [-0.25, -0.2) is 13.4 Å². The van der Waals surface area contributed by atoms with Crippen molar-refractivity contribution >= 4 is 33.4 Å². The molecule has 0 aliphatic carbocycles. The average Bonchev–Trinajstić information content (AvgIpc) is 3.05. The molecule has 10 heteroatoms. The SMILES string of the molecule is CCS(=O)(=O)Nc1ccc(C(=O)NCCSc2ncn[nH]2)cc1. The van der Waals surface area contributed by atoms with Crippen molar-refractivity contribution in [2.24, 2.45) is 0 Å². The molecule has 0 radical (unpaired) electrons. The highest BCUT2D eigenvalue weighted by Crippen LogP contribution is 2.12. The Labute approximate surface area is 138 Å². The molecule has 1 aromatic heterocycles. The van der Waals surface area contributed by atoms with E-state index in [4.69, 9.17) is 0 Å². The standard InChI is InChI=1S/C13H17N5O3S2/c1-2-23(20,21)18-11-5-3-10(4-6-11)12(19)14-7-8-22-13-15-9-16-17-13/h3-6,9,18H,2,7-8H2,1H3,(H,14,19)(H,15,16,17). The first kappa shape index (κ1) is 17.3. The second-order valence-electron chi connectivity index (χ2n) is 4.48. The van der Waals surface area contributed by atoms with Crippen molar-refractivity contribution in [3.05, 3.63) is 36.2 Å². The summed E-state index contributed by atoms with van der Waals surface area (Å²) in [6.07, 6.45) is 1.43. The molecule has 0 aliphatic rings. The van der Waals surface area contributed by atoms with Gasteiger partial charge in [-0.05, 0) is 31.2 Å². The van der Waals surface area contributed by atoms with Crippen LogP contribution in [-0.4, -0.2) is 47.6 Å². The van der Waals surface area contributed by atoms with E-state index in [1.54, 1.807) is 31.2 Å². The van der Waals surface area contributed by atoms with Crippen LogP contribution in [0.4, 0.5) is 5.69 Å². The predicted molar refractivity (Wildman–Crippen MR) is 89.0 cm³/mol. The van der Waals surface area contributed by atoms with E-state index in [9.17, 15) is 13.2 Å². The number of aromatic amines is 1. The van der Waals surface area contributed by atoms with Crippen molar-refractivity contribution in [1.29, 1.82) is 0 Å². The van der Waals surface area contributed by atoms with Gasteiger partial charge in [0, 0.05) is 23.5 Å². The summed E-state index contributed by atoms with van der Waals surface area (Å²) in [6, 6.07) is 6.27. The lowest BCUT2D eigenvalue weighted by Gasteiger charge is -2.07. The maximum Gasteiger partial charge on any atom is 0.251 e. The number of hydrogen-bond donors (Lipinski definition) is 3. The van der Waals surface area contributed by atoms with Crippen LogP contribution in [-0.2, 0) is 10.0 Å². The second kappa shape index (κ2) is 7.97. The number of carbonyl (C=O) groups is 1. The molecule has 1 aromatic carbocycles. The van der Waals surface area contributed by atoms with Gasteiger partial charge in [0.05, 0.1) is 5.75 Å². The average molecular weight is 355 g/mol. The first-order chi connectivity index (χ1) is 11.0. The van der Waals surface area contributed by atoms with E-state index in [0.29, 0.717) is 28.7 Å². The van der Waals surface area contributed by atoms with Crippen LogP contribution in [0.25, 0.3) is 0 Å². The molecule has 2 aromatic rings. The Hall–Kier alpha value is -2.07. The number of benzene rings is 1. The van der Waals surface area contributed by atoms with Crippen LogP contribution in [0.1, 0.15) is 17.3 Å². The van der Waals surface area contributed by atoms with Gasteiger partial charge in [-0.3, -0.25) is 14.6 Å². The number of nitrogens with one attached hydrogen (secondary N) is 3. The number of anilines is 1. The number of sulfonamides is 1. The Morgan fingerprint density at radius 2 is 2.04 bits per heavy atom. The molecule has 0 aliphatic heterocycles. The molecule has 0 spiro atoms. The summed E-state index contributed by atoms with van der Waals surface area (Å²) in [6.45, 7) is 2.04. The molecule has 1 amide bonds. The van der Waals surface area contributed by atoms with Crippen molar-refractivity contribution in [3.63, 3.8) is 0 Å². The lowest BCUT2D eigenvalue weighted by Crippen LogP contribution is -2.25. The molecule has 0 atom stereocenters. The van der Waals surface area contributed by atoms with E-state index >= 15 is 0 Å². The fraction of sp³-hybridized carbons (Fsp3) is 0.308. The van der Waals surface area contributed by atoms with E-state index in [2.05, 4.69) is 25.2 Å². The van der Waals surface area contributed by atoms with Crippen LogP contribution in [0.15, 0.2) is 35.7 Å². The number of hydrogen-bond acceptors (Lipinski definition) is 6. The lowest BCUT2D eigenvalue weighted by molar-refractivity contribution is 0.0956. The minimum Gasteiger partial charge on any atom is -0.351 e. The second-order valence-corrected chi connectivity index (χ2v) is 7.57. The monoisotopic (exact) mass is 355 g/mol. The summed E-state index contributed by atoms with van der Waals surface area (Å²) in [5.74, 6) is 0.445. The fourth-order valence-electron chi connectivity index (χ4n) is 1.62. The zero-order valence-corrected chi connectivity index (χ0v) is 14.1. The normalized spacial score (nSPS) is 11.2. The van der Waals surface area contributed by atoms with Gasteiger partial charge in [-0.15, -0.1) is 0 Å².